The number of nitrogens with two attached hydrogens (primary N) is 1. The molecule has 1 atom stereocenters. The second-order valence-electron chi connectivity index (χ2n) is 6.17. The van der Waals surface area contributed by atoms with E-state index in [2.05, 4.69) is 5.32 Å². The van der Waals surface area contributed by atoms with E-state index in [1.165, 1.54) is 6.92 Å². The molecule has 0 saturated heterocycles. The van der Waals surface area contributed by atoms with E-state index in [4.69, 9.17) is 5.84 Å². The van der Waals surface area contributed by atoms with Crippen LogP contribution < -0.4 is 11.2 Å². The van der Waals surface area contributed by atoms with E-state index in [1.54, 1.807) is 5.01 Å². The van der Waals surface area contributed by atoms with Crippen LogP contribution in [0.2, 0.25) is 0 Å². The Balaban J connectivity index is 1.96. The standard InChI is InChI=1S/C20H21N3O2/c1-13-18(17-11-7-6-10-16(17)12-23(13)21)20(25)22-19(14(2)24)15-8-4-3-5-9-15/h3-11,19H,12,21H2,1-2H3,(H,22,25)/t19-/m1/s1. The van der Waals surface area contributed by atoms with Gasteiger partial charge in [0.1, 0.15) is 6.04 Å². The van der Waals surface area contributed by atoms with Crippen molar-refractivity contribution in [3.05, 3.63) is 77.0 Å². The van der Waals surface area contributed by atoms with Crippen LogP contribution in [0.3, 0.4) is 0 Å². The molecule has 128 valence electrons. The number of ketones is 1. The summed E-state index contributed by atoms with van der Waals surface area (Å²) in [6.07, 6.45) is 0. The molecule has 0 fully saturated rings. The molecule has 0 aliphatic carbocycles. The maximum Gasteiger partial charge on any atom is 0.254 e. The smallest absolute Gasteiger partial charge is 0.254 e. The number of carbonyl (C=O) groups excluding carboxylic acids is 2. The van der Waals surface area contributed by atoms with Gasteiger partial charge in [-0.15, -0.1) is 0 Å². The molecule has 5 heteroatoms. The highest BCUT2D eigenvalue weighted by atomic mass is 16.2. The van der Waals surface area contributed by atoms with E-state index >= 15 is 0 Å². The normalized spacial score (nSPS) is 14.8. The van der Waals surface area contributed by atoms with Gasteiger partial charge in [-0.2, -0.15) is 0 Å². The van der Waals surface area contributed by atoms with Crippen LogP contribution in [0, 0.1) is 0 Å². The van der Waals surface area contributed by atoms with Crippen LogP contribution in [-0.4, -0.2) is 16.7 Å². The highest BCUT2D eigenvalue weighted by Crippen LogP contribution is 2.30. The van der Waals surface area contributed by atoms with Gasteiger partial charge in [-0.05, 0) is 30.5 Å². The van der Waals surface area contributed by atoms with Crippen molar-refractivity contribution >= 4 is 17.3 Å². The molecule has 0 bridgehead atoms. The number of rotatable bonds is 4. The zero-order valence-corrected chi connectivity index (χ0v) is 14.3. The van der Waals surface area contributed by atoms with Crippen molar-refractivity contribution in [1.29, 1.82) is 0 Å². The molecule has 2 aromatic carbocycles. The molecule has 5 nitrogen and oxygen atoms in total. The molecule has 3 N–H and O–H groups in total. The summed E-state index contributed by atoms with van der Waals surface area (Å²) in [5, 5.41) is 4.42. The minimum absolute atomic E-state index is 0.119. The zero-order valence-electron chi connectivity index (χ0n) is 14.3. The summed E-state index contributed by atoms with van der Waals surface area (Å²) in [5.41, 5.74) is 3.79. The van der Waals surface area contributed by atoms with E-state index in [-0.39, 0.29) is 11.7 Å². The summed E-state index contributed by atoms with van der Waals surface area (Å²) < 4.78 is 0. The lowest BCUT2D eigenvalue weighted by atomic mass is 9.93. The fourth-order valence-electron chi connectivity index (χ4n) is 3.10. The van der Waals surface area contributed by atoms with Gasteiger partial charge in [-0.25, -0.2) is 5.84 Å². The van der Waals surface area contributed by atoms with Crippen molar-refractivity contribution < 1.29 is 9.59 Å². The Kier molecular flexibility index (Phi) is 4.67. The van der Waals surface area contributed by atoms with Gasteiger partial charge >= 0.3 is 0 Å². The Morgan fingerprint density at radius 2 is 1.72 bits per heavy atom. The zero-order chi connectivity index (χ0) is 18.0. The molecular formula is C20H21N3O2. The van der Waals surface area contributed by atoms with Crippen LogP contribution in [-0.2, 0) is 16.1 Å². The number of hydrazine groups is 1. The Labute approximate surface area is 147 Å². The summed E-state index contributed by atoms with van der Waals surface area (Å²) >= 11 is 0. The van der Waals surface area contributed by atoms with E-state index in [9.17, 15) is 9.59 Å². The van der Waals surface area contributed by atoms with Gasteiger partial charge in [0, 0.05) is 5.70 Å². The molecular weight excluding hydrogens is 314 g/mol. The molecule has 1 amide bonds. The van der Waals surface area contributed by atoms with E-state index in [0.29, 0.717) is 17.8 Å². The third-order valence-electron chi connectivity index (χ3n) is 4.46. The highest BCUT2D eigenvalue weighted by molar-refractivity contribution is 6.21. The second kappa shape index (κ2) is 6.91. The first kappa shape index (κ1) is 16.9. The molecule has 0 spiro atoms. The van der Waals surface area contributed by atoms with Crippen LogP contribution in [0.25, 0.3) is 5.57 Å². The molecule has 25 heavy (non-hydrogen) atoms. The monoisotopic (exact) mass is 335 g/mol. The number of hydrogen-bond donors (Lipinski definition) is 2. The number of Topliss-reactive ketones (excluding diaryl/α,β-unsaturated/α-hetero) is 1. The predicted molar refractivity (Wildman–Crippen MR) is 96.8 cm³/mol. The number of nitrogens with zero attached hydrogens (tertiary/aromatic N) is 1. The van der Waals surface area contributed by atoms with Gasteiger partial charge in [0.15, 0.2) is 5.78 Å². The Morgan fingerprint density at radius 1 is 1.08 bits per heavy atom. The van der Waals surface area contributed by atoms with Crippen molar-refractivity contribution in [3.8, 4) is 0 Å². The molecule has 0 saturated carbocycles. The average molecular weight is 335 g/mol. The predicted octanol–water partition coefficient (Wildman–Crippen LogP) is 2.55. The third kappa shape index (κ3) is 3.32. The summed E-state index contributed by atoms with van der Waals surface area (Å²) in [6, 6.07) is 16.2. The van der Waals surface area contributed by atoms with Gasteiger partial charge in [0.2, 0.25) is 0 Å². The minimum atomic E-state index is -0.686. The lowest BCUT2D eigenvalue weighted by Crippen LogP contribution is -2.38. The number of allylic oxidation sites excluding steroid dienone is 1. The number of nitrogens with one attached hydrogen (secondary N) is 1. The van der Waals surface area contributed by atoms with Gasteiger partial charge in [-0.3, -0.25) is 9.59 Å². The van der Waals surface area contributed by atoms with Crippen molar-refractivity contribution in [3.63, 3.8) is 0 Å². The number of benzene rings is 2. The van der Waals surface area contributed by atoms with Crippen molar-refractivity contribution in [2.45, 2.75) is 26.4 Å². The first-order valence-corrected chi connectivity index (χ1v) is 8.16. The second-order valence-corrected chi connectivity index (χ2v) is 6.17. The molecule has 1 aliphatic heterocycles. The molecule has 2 aromatic rings. The lowest BCUT2D eigenvalue weighted by molar-refractivity contribution is -0.124. The molecule has 0 radical (unpaired) electrons. The summed E-state index contributed by atoms with van der Waals surface area (Å²) in [7, 11) is 0. The first-order valence-electron chi connectivity index (χ1n) is 8.16. The van der Waals surface area contributed by atoms with E-state index in [0.717, 1.165) is 16.7 Å². The minimum Gasteiger partial charge on any atom is -0.338 e. The van der Waals surface area contributed by atoms with Gasteiger partial charge in [-0.1, -0.05) is 54.6 Å². The van der Waals surface area contributed by atoms with Crippen molar-refractivity contribution in [1.82, 2.24) is 10.3 Å². The largest absolute Gasteiger partial charge is 0.338 e. The summed E-state index contributed by atoms with van der Waals surface area (Å²) in [6.45, 7) is 3.84. The number of amides is 1. The average Bonchev–Trinajstić information content (AvgIpc) is 2.61. The number of carbonyl (C=O) groups is 2. The Morgan fingerprint density at radius 3 is 2.40 bits per heavy atom. The Bertz CT molecular complexity index is 843. The maximum atomic E-state index is 13.0. The molecule has 0 aromatic heterocycles. The van der Waals surface area contributed by atoms with Crippen LogP contribution in [0.1, 0.15) is 36.6 Å². The van der Waals surface area contributed by atoms with Crippen LogP contribution in [0.5, 0.6) is 0 Å². The summed E-state index contributed by atoms with van der Waals surface area (Å²) in [5.74, 6) is 5.63. The molecule has 3 rings (SSSR count). The Hall–Kier alpha value is -2.92. The fourth-order valence-corrected chi connectivity index (χ4v) is 3.10. The molecule has 0 unspecified atom stereocenters. The van der Waals surface area contributed by atoms with Crippen LogP contribution in [0.4, 0.5) is 0 Å². The fraction of sp³-hybridized carbons (Fsp3) is 0.200. The summed E-state index contributed by atoms with van der Waals surface area (Å²) in [4.78, 5) is 25.1. The van der Waals surface area contributed by atoms with Gasteiger partial charge < -0.3 is 10.3 Å². The van der Waals surface area contributed by atoms with E-state index < -0.39 is 6.04 Å². The van der Waals surface area contributed by atoms with Gasteiger partial charge in [0.05, 0.1) is 12.1 Å². The van der Waals surface area contributed by atoms with Crippen molar-refractivity contribution in [2.75, 3.05) is 0 Å². The SMILES string of the molecule is CC(=O)[C@@H](NC(=O)C1=C(C)N(N)Cc2ccccc21)c1ccccc1. The maximum absolute atomic E-state index is 13.0. The van der Waals surface area contributed by atoms with Crippen molar-refractivity contribution in [2.24, 2.45) is 5.84 Å². The molecule has 1 heterocycles. The highest BCUT2D eigenvalue weighted by Gasteiger charge is 2.28. The molecule has 1 aliphatic rings. The number of fused-ring (bicyclic) bond motifs is 1. The number of hydrogen-bond acceptors (Lipinski definition) is 4. The lowest BCUT2D eigenvalue weighted by Gasteiger charge is -2.30. The van der Waals surface area contributed by atoms with Gasteiger partial charge in [0.25, 0.3) is 5.91 Å². The topological polar surface area (TPSA) is 75.4 Å². The van der Waals surface area contributed by atoms with Crippen LogP contribution in [0.15, 0.2) is 60.3 Å². The third-order valence-corrected chi connectivity index (χ3v) is 4.46. The quantitative estimate of drug-likeness (QED) is 0.842. The van der Waals surface area contributed by atoms with E-state index in [1.807, 2.05) is 61.5 Å². The first-order chi connectivity index (χ1) is 12.0. The van der Waals surface area contributed by atoms with Crippen LogP contribution >= 0.6 is 0 Å².